The van der Waals surface area contributed by atoms with E-state index in [1.807, 2.05) is 6.92 Å². The maximum Gasteiger partial charge on any atom is 0.203 e. The molecule has 114 valence electrons. The van der Waals surface area contributed by atoms with Gasteiger partial charge in [0.25, 0.3) is 0 Å². The third-order valence-electron chi connectivity index (χ3n) is 3.52. The molecule has 1 fully saturated rings. The standard InChI is InChI=1S/C15H27N3OS/c1-3-19-9-6-8-16-15-17-13(2)11-18(15)12-14-7-4-5-10-20-14/h11,14H,3-10,12H2,1-2H3,(H,16,17). The number of aryl methyl sites for hydroxylation is 1. The van der Waals surface area contributed by atoms with Crippen molar-refractivity contribution in [2.24, 2.45) is 0 Å². The van der Waals surface area contributed by atoms with Gasteiger partial charge in [-0.15, -0.1) is 0 Å². The largest absolute Gasteiger partial charge is 0.382 e. The maximum atomic E-state index is 5.36. The summed E-state index contributed by atoms with van der Waals surface area (Å²) >= 11 is 2.11. The van der Waals surface area contributed by atoms with Gasteiger partial charge in [-0.05, 0) is 38.9 Å². The van der Waals surface area contributed by atoms with Crippen LogP contribution in [-0.4, -0.2) is 40.3 Å². The van der Waals surface area contributed by atoms with Crippen LogP contribution in [0.25, 0.3) is 0 Å². The quantitative estimate of drug-likeness (QED) is 0.747. The molecular formula is C15H27N3OS. The zero-order valence-electron chi connectivity index (χ0n) is 12.7. The normalized spacial score (nSPS) is 19.2. The summed E-state index contributed by atoms with van der Waals surface area (Å²) in [5, 5.41) is 4.20. The van der Waals surface area contributed by atoms with Crippen molar-refractivity contribution in [3.8, 4) is 0 Å². The van der Waals surface area contributed by atoms with Gasteiger partial charge in [0.15, 0.2) is 0 Å². The lowest BCUT2D eigenvalue weighted by Gasteiger charge is -2.22. The predicted octanol–water partition coefficient (Wildman–Crippen LogP) is 3.32. The van der Waals surface area contributed by atoms with E-state index < -0.39 is 0 Å². The summed E-state index contributed by atoms with van der Waals surface area (Å²) in [5.74, 6) is 2.33. The minimum atomic E-state index is 0.751. The number of thioether (sulfide) groups is 1. The van der Waals surface area contributed by atoms with E-state index >= 15 is 0 Å². The molecule has 0 aliphatic carbocycles. The van der Waals surface area contributed by atoms with Crippen LogP contribution in [0.5, 0.6) is 0 Å². The van der Waals surface area contributed by atoms with Gasteiger partial charge in [-0.2, -0.15) is 11.8 Å². The van der Waals surface area contributed by atoms with Gasteiger partial charge in [-0.1, -0.05) is 6.42 Å². The van der Waals surface area contributed by atoms with Gasteiger partial charge in [0, 0.05) is 37.8 Å². The van der Waals surface area contributed by atoms with E-state index in [0.717, 1.165) is 49.6 Å². The topological polar surface area (TPSA) is 39.1 Å². The molecule has 1 aliphatic rings. The van der Waals surface area contributed by atoms with Crippen LogP contribution < -0.4 is 5.32 Å². The molecule has 1 aromatic rings. The fourth-order valence-electron chi connectivity index (χ4n) is 2.52. The first kappa shape index (κ1) is 15.7. The number of hydrogen-bond donors (Lipinski definition) is 1. The molecule has 0 bridgehead atoms. The maximum absolute atomic E-state index is 5.36. The lowest BCUT2D eigenvalue weighted by atomic mass is 10.2. The van der Waals surface area contributed by atoms with Crippen LogP contribution in [0, 0.1) is 6.92 Å². The third kappa shape index (κ3) is 5.02. The Morgan fingerprint density at radius 2 is 2.40 bits per heavy atom. The Hall–Kier alpha value is -0.680. The second kappa shape index (κ2) is 8.57. The van der Waals surface area contributed by atoms with E-state index in [0.29, 0.717) is 0 Å². The summed E-state index contributed by atoms with van der Waals surface area (Å²) in [7, 11) is 0. The molecule has 1 N–H and O–H groups in total. The zero-order valence-corrected chi connectivity index (χ0v) is 13.5. The van der Waals surface area contributed by atoms with Gasteiger partial charge in [0.1, 0.15) is 0 Å². The SMILES string of the molecule is CCOCCCNc1nc(C)cn1CC1CCCCS1. The monoisotopic (exact) mass is 297 g/mol. The summed E-state index contributed by atoms with van der Waals surface area (Å²) in [5.41, 5.74) is 1.10. The summed E-state index contributed by atoms with van der Waals surface area (Å²) in [6, 6.07) is 0. The van der Waals surface area contributed by atoms with Crippen molar-refractivity contribution in [1.82, 2.24) is 9.55 Å². The number of nitrogens with one attached hydrogen (secondary N) is 1. The molecule has 5 heteroatoms. The van der Waals surface area contributed by atoms with Gasteiger partial charge in [0.05, 0.1) is 5.69 Å². The molecule has 0 spiro atoms. The number of anilines is 1. The molecule has 1 aliphatic heterocycles. The highest BCUT2D eigenvalue weighted by molar-refractivity contribution is 7.99. The van der Waals surface area contributed by atoms with Crippen LogP contribution in [0.2, 0.25) is 0 Å². The Kier molecular flexibility index (Phi) is 6.73. The highest BCUT2D eigenvalue weighted by Gasteiger charge is 2.16. The highest BCUT2D eigenvalue weighted by atomic mass is 32.2. The first-order chi connectivity index (χ1) is 9.79. The Labute approximate surface area is 126 Å². The second-order valence-corrected chi connectivity index (χ2v) is 6.73. The smallest absolute Gasteiger partial charge is 0.203 e. The van der Waals surface area contributed by atoms with Crippen LogP contribution >= 0.6 is 11.8 Å². The van der Waals surface area contributed by atoms with Crippen LogP contribution in [0.15, 0.2) is 6.20 Å². The first-order valence-corrected chi connectivity index (χ1v) is 8.81. The lowest BCUT2D eigenvalue weighted by Crippen LogP contribution is -2.19. The van der Waals surface area contributed by atoms with E-state index in [-0.39, 0.29) is 0 Å². The lowest BCUT2D eigenvalue weighted by molar-refractivity contribution is 0.147. The van der Waals surface area contributed by atoms with Crippen molar-refractivity contribution in [1.29, 1.82) is 0 Å². The van der Waals surface area contributed by atoms with Crippen LogP contribution in [0.3, 0.4) is 0 Å². The number of aromatic nitrogens is 2. The zero-order chi connectivity index (χ0) is 14.2. The van der Waals surface area contributed by atoms with Crippen LogP contribution in [0.4, 0.5) is 5.95 Å². The number of rotatable bonds is 8. The molecule has 0 amide bonds. The fraction of sp³-hybridized carbons (Fsp3) is 0.800. The van der Waals surface area contributed by atoms with Gasteiger partial charge < -0.3 is 14.6 Å². The van der Waals surface area contributed by atoms with Crippen molar-refractivity contribution in [2.75, 3.05) is 30.8 Å². The molecule has 4 nitrogen and oxygen atoms in total. The minimum absolute atomic E-state index is 0.751. The van der Waals surface area contributed by atoms with E-state index in [1.54, 1.807) is 0 Å². The van der Waals surface area contributed by atoms with Gasteiger partial charge in [-0.25, -0.2) is 4.98 Å². The van der Waals surface area contributed by atoms with Crippen molar-refractivity contribution in [3.05, 3.63) is 11.9 Å². The molecule has 1 aromatic heterocycles. The summed E-state index contributed by atoms with van der Waals surface area (Å²) in [4.78, 5) is 4.60. The molecular weight excluding hydrogens is 270 g/mol. The molecule has 2 rings (SSSR count). The molecule has 2 heterocycles. The van der Waals surface area contributed by atoms with E-state index in [9.17, 15) is 0 Å². The van der Waals surface area contributed by atoms with Gasteiger partial charge in [-0.3, -0.25) is 0 Å². The van der Waals surface area contributed by atoms with Crippen molar-refractivity contribution in [3.63, 3.8) is 0 Å². The average molecular weight is 297 g/mol. The Morgan fingerprint density at radius 1 is 1.50 bits per heavy atom. The molecule has 1 saturated heterocycles. The first-order valence-electron chi connectivity index (χ1n) is 7.76. The van der Waals surface area contributed by atoms with E-state index in [2.05, 4.69) is 39.8 Å². The third-order valence-corrected chi connectivity index (χ3v) is 4.90. The molecule has 0 saturated carbocycles. The van der Waals surface area contributed by atoms with Gasteiger partial charge >= 0.3 is 0 Å². The number of ether oxygens (including phenoxy) is 1. The fourth-order valence-corrected chi connectivity index (χ4v) is 3.82. The molecule has 1 atom stereocenters. The van der Waals surface area contributed by atoms with Crippen molar-refractivity contribution in [2.45, 2.75) is 51.3 Å². The molecule has 0 radical (unpaired) electrons. The predicted molar refractivity (Wildman–Crippen MR) is 86.7 cm³/mol. The minimum Gasteiger partial charge on any atom is -0.382 e. The van der Waals surface area contributed by atoms with Crippen molar-refractivity contribution >= 4 is 17.7 Å². The summed E-state index contributed by atoms with van der Waals surface area (Å²) in [6.45, 7) is 7.73. The number of imidazole rings is 1. The molecule has 1 unspecified atom stereocenters. The average Bonchev–Trinajstić information content (AvgIpc) is 2.80. The number of nitrogens with zero attached hydrogens (tertiary/aromatic N) is 2. The summed E-state index contributed by atoms with van der Waals surface area (Å²) in [6.07, 6.45) is 7.29. The Morgan fingerprint density at radius 3 is 3.15 bits per heavy atom. The Bertz CT molecular complexity index is 388. The van der Waals surface area contributed by atoms with Crippen LogP contribution in [0.1, 0.15) is 38.3 Å². The number of hydrogen-bond acceptors (Lipinski definition) is 4. The molecule has 0 aromatic carbocycles. The van der Waals surface area contributed by atoms with Crippen LogP contribution in [-0.2, 0) is 11.3 Å². The highest BCUT2D eigenvalue weighted by Crippen LogP contribution is 2.27. The van der Waals surface area contributed by atoms with Crippen molar-refractivity contribution < 1.29 is 4.74 Å². The molecule has 20 heavy (non-hydrogen) atoms. The Balaban J connectivity index is 1.81. The van der Waals surface area contributed by atoms with E-state index in [1.165, 1.54) is 25.0 Å². The second-order valence-electron chi connectivity index (χ2n) is 5.32. The summed E-state index contributed by atoms with van der Waals surface area (Å²) < 4.78 is 7.65. The van der Waals surface area contributed by atoms with Gasteiger partial charge in [0.2, 0.25) is 5.95 Å². The van der Waals surface area contributed by atoms with E-state index in [4.69, 9.17) is 4.74 Å².